The fourth-order valence-corrected chi connectivity index (χ4v) is 2.61. The van der Waals surface area contributed by atoms with Crippen molar-refractivity contribution < 1.29 is 9.84 Å². The van der Waals surface area contributed by atoms with Gasteiger partial charge in [-0.3, -0.25) is 0 Å². The maximum Gasteiger partial charge on any atom is 0.158 e. The standard InChI is InChI=1S/C15H26N4O2/c1-3-16-13-8-14(19-15(18-13)10-21-4-2)17-9-11-6-5-7-12(11)20/h8,11-12,20H,3-7,9-10H2,1-2H3,(H2,16,17,18,19). The van der Waals surface area contributed by atoms with Gasteiger partial charge >= 0.3 is 0 Å². The molecule has 6 heteroatoms. The van der Waals surface area contributed by atoms with Crippen molar-refractivity contribution in [2.24, 2.45) is 5.92 Å². The van der Waals surface area contributed by atoms with E-state index in [-0.39, 0.29) is 6.10 Å². The molecule has 1 saturated carbocycles. The molecule has 0 aliphatic heterocycles. The van der Waals surface area contributed by atoms with Gasteiger partial charge in [-0.1, -0.05) is 6.42 Å². The van der Waals surface area contributed by atoms with Gasteiger partial charge in [0.2, 0.25) is 0 Å². The van der Waals surface area contributed by atoms with Crippen LogP contribution in [0.3, 0.4) is 0 Å². The summed E-state index contributed by atoms with van der Waals surface area (Å²) in [5.41, 5.74) is 0. The molecule has 1 aromatic rings. The third-order valence-corrected chi connectivity index (χ3v) is 3.73. The topological polar surface area (TPSA) is 79.3 Å². The minimum Gasteiger partial charge on any atom is -0.393 e. The summed E-state index contributed by atoms with van der Waals surface area (Å²) in [6, 6.07) is 1.90. The van der Waals surface area contributed by atoms with E-state index in [4.69, 9.17) is 4.74 Å². The van der Waals surface area contributed by atoms with Gasteiger partial charge in [-0.15, -0.1) is 0 Å². The van der Waals surface area contributed by atoms with Crippen molar-refractivity contribution in [3.05, 3.63) is 11.9 Å². The largest absolute Gasteiger partial charge is 0.393 e. The van der Waals surface area contributed by atoms with Gasteiger partial charge in [0.15, 0.2) is 5.82 Å². The zero-order valence-corrected chi connectivity index (χ0v) is 12.9. The normalized spacial score (nSPS) is 21.5. The number of hydrogen-bond acceptors (Lipinski definition) is 6. The van der Waals surface area contributed by atoms with Crippen LogP contribution in [0.5, 0.6) is 0 Å². The summed E-state index contributed by atoms with van der Waals surface area (Å²) in [5.74, 6) is 2.58. The molecule has 2 atom stereocenters. The van der Waals surface area contributed by atoms with E-state index in [1.54, 1.807) is 0 Å². The van der Waals surface area contributed by atoms with Gasteiger partial charge in [-0.25, -0.2) is 9.97 Å². The van der Waals surface area contributed by atoms with Crippen LogP contribution in [0.15, 0.2) is 6.07 Å². The van der Waals surface area contributed by atoms with Crippen LogP contribution in [0.2, 0.25) is 0 Å². The molecule has 3 N–H and O–H groups in total. The van der Waals surface area contributed by atoms with Crippen LogP contribution in [-0.4, -0.2) is 40.9 Å². The number of nitrogens with one attached hydrogen (secondary N) is 2. The number of rotatable bonds is 8. The first-order chi connectivity index (χ1) is 10.2. The maximum absolute atomic E-state index is 9.87. The summed E-state index contributed by atoms with van der Waals surface area (Å²) in [7, 11) is 0. The van der Waals surface area contributed by atoms with Crippen LogP contribution >= 0.6 is 0 Å². The second-order valence-corrected chi connectivity index (χ2v) is 5.36. The molecule has 1 aliphatic rings. The zero-order chi connectivity index (χ0) is 15.1. The molecule has 0 amide bonds. The predicted octanol–water partition coefficient (Wildman–Crippen LogP) is 2.02. The summed E-state index contributed by atoms with van der Waals surface area (Å²) in [6.45, 7) is 6.60. The van der Waals surface area contributed by atoms with Gasteiger partial charge in [-0.05, 0) is 26.7 Å². The average Bonchev–Trinajstić information content (AvgIpc) is 2.88. The van der Waals surface area contributed by atoms with Crippen molar-refractivity contribution >= 4 is 11.6 Å². The predicted molar refractivity (Wildman–Crippen MR) is 83.4 cm³/mol. The van der Waals surface area contributed by atoms with Crippen molar-refractivity contribution in [2.75, 3.05) is 30.3 Å². The van der Waals surface area contributed by atoms with Crippen molar-refractivity contribution in [1.29, 1.82) is 0 Å². The molecule has 0 spiro atoms. The molecule has 1 heterocycles. The van der Waals surface area contributed by atoms with Gasteiger partial charge < -0.3 is 20.5 Å². The van der Waals surface area contributed by atoms with E-state index in [0.29, 0.717) is 25.0 Å². The summed E-state index contributed by atoms with van der Waals surface area (Å²) in [4.78, 5) is 8.89. The van der Waals surface area contributed by atoms with E-state index < -0.39 is 0 Å². The molecule has 2 unspecified atom stereocenters. The van der Waals surface area contributed by atoms with Crippen molar-refractivity contribution in [1.82, 2.24) is 9.97 Å². The smallest absolute Gasteiger partial charge is 0.158 e. The summed E-state index contributed by atoms with van der Waals surface area (Å²) < 4.78 is 5.38. The van der Waals surface area contributed by atoms with Gasteiger partial charge in [0.25, 0.3) is 0 Å². The minimum atomic E-state index is -0.185. The summed E-state index contributed by atoms with van der Waals surface area (Å²) >= 11 is 0. The molecular formula is C15H26N4O2. The van der Waals surface area contributed by atoms with Crippen LogP contribution in [-0.2, 0) is 11.3 Å². The number of aliphatic hydroxyl groups excluding tert-OH is 1. The SMILES string of the molecule is CCNc1cc(NCC2CCCC2O)nc(COCC)n1. The molecule has 21 heavy (non-hydrogen) atoms. The van der Waals surface area contributed by atoms with Crippen LogP contribution < -0.4 is 10.6 Å². The van der Waals surface area contributed by atoms with Gasteiger partial charge in [0.1, 0.15) is 18.2 Å². The van der Waals surface area contributed by atoms with E-state index >= 15 is 0 Å². The molecule has 1 aromatic heterocycles. The lowest BCUT2D eigenvalue weighted by Crippen LogP contribution is -2.22. The fraction of sp³-hybridized carbons (Fsp3) is 0.733. The molecular weight excluding hydrogens is 268 g/mol. The van der Waals surface area contributed by atoms with Crippen molar-refractivity contribution in [2.45, 2.75) is 45.8 Å². The Kier molecular flexibility index (Phi) is 6.20. The van der Waals surface area contributed by atoms with Gasteiger partial charge in [-0.2, -0.15) is 0 Å². The third kappa shape index (κ3) is 4.82. The van der Waals surface area contributed by atoms with Crippen LogP contribution in [0.4, 0.5) is 11.6 Å². The van der Waals surface area contributed by atoms with Crippen LogP contribution in [0.1, 0.15) is 38.9 Å². The third-order valence-electron chi connectivity index (χ3n) is 3.73. The lowest BCUT2D eigenvalue weighted by atomic mass is 10.1. The molecule has 118 valence electrons. The second-order valence-electron chi connectivity index (χ2n) is 5.36. The zero-order valence-electron chi connectivity index (χ0n) is 12.9. The Morgan fingerprint density at radius 3 is 2.62 bits per heavy atom. The molecule has 0 radical (unpaired) electrons. The number of aromatic nitrogens is 2. The van der Waals surface area contributed by atoms with E-state index in [2.05, 4.69) is 20.6 Å². The first-order valence-electron chi connectivity index (χ1n) is 7.84. The van der Waals surface area contributed by atoms with E-state index in [1.165, 1.54) is 0 Å². The fourth-order valence-electron chi connectivity index (χ4n) is 2.61. The summed E-state index contributed by atoms with van der Waals surface area (Å²) in [5, 5.41) is 16.4. The van der Waals surface area contributed by atoms with E-state index in [0.717, 1.165) is 44.0 Å². The molecule has 1 fully saturated rings. The van der Waals surface area contributed by atoms with E-state index in [9.17, 15) is 5.11 Å². The quantitative estimate of drug-likeness (QED) is 0.681. The Labute approximate surface area is 126 Å². The van der Waals surface area contributed by atoms with Gasteiger partial charge in [0, 0.05) is 31.7 Å². The highest BCUT2D eigenvalue weighted by molar-refractivity contribution is 5.47. The highest BCUT2D eigenvalue weighted by atomic mass is 16.5. The van der Waals surface area contributed by atoms with Crippen molar-refractivity contribution in [3.8, 4) is 0 Å². The number of ether oxygens (including phenoxy) is 1. The lowest BCUT2D eigenvalue weighted by Gasteiger charge is -2.16. The Balaban J connectivity index is 2.00. The molecule has 0 bridgehead atoms. The first kappa shape index (κ1) is 16.0. The molecule has 2 rings (SSSR count). The number of anilines is 2. The van der Waals surface area contributed by atoms with Gasteiger partial charge in [0.05, 0.1) is 6.10 Å². The molecule has 0 saturated heterocycles. The second kappa shape index (κ2) is 8.14. The molecule has 1 aliphatic carbocycles. The molecule has 6 nitrogen and oxygen atoms in total. The Bertz CT molecular complexity index is 442. The first-order valence-corrected chi connectivity index (χ1v) is 7.84. The number of nitrogens with zero attached hydrogens (tertiary/aromatic N) is 2. The highest BCUT2D eigenvalue weighted by Crippen LogP contribution is 2.25. The van der Waals surface area contributed by atoms with E-state index in [1.807, 2.05) is 19.9 Å². The van der Waals surface area contributed by atoms with Crippen LogP contribution in [0, 0.1) is 5.92 Å². The monoisotopic (exact) mass is 294 g/mol. The molecule has 0 aromatic carbocycles. The Hall–Kier alpha value is -1.40. The highest BCUT2D eigenvalue weighted by Gasteiger charge is 2.24. The number of aliphatic hydroxyl groups is 1. The number of hydrogen-bond donors (Lipinski definition) is 3. The summed E-state index contributed by atoms with van der Waals surface area (Å²) in [6.07, 6.45) is 2.91. The van der Waals surface area contributed by atoms with Crippen LogP contribution in [0.25, 0.3) is 0 Å². The average molecular weight is 294 g/mol. The Morgan fingerprint density at radius 2 is 2.00 bits per heavy atom. The Morgan fingerprint density at radius 1 is 1.24 bits per heavy atom. The maximum atomic E-state index is 9.87. The van der Waals surface area contributed by atoms with Crippen molar-refractivity contribution in [3.63, 3.8) is 0 Å². The lowest BCUT2D eigenvalue weighted by molar-refractivity contribution is 0.128. The minimum absolute atomic E-state index is 0.185.